The fourth-order valence-electron chi connectivity index (χ4n) is 1.49. The Morgan fingerprint density at radius 3 is 2.69 bits per heavy atom. The highest BCUT2D eigenvalue weighted by atomic mass is 19.2. The Morgan fingerprint density at radius 2 is 2.06 bits per heavy atom. The predicted octanol–water partition coefficient (Wildman–Crippen LogP) is 2.29. The van der Waals surface area contributed by atoms with Gasteiger partial charge >= 0.3 is 0 Å². The second-order valence-corrected chi connectivity index (χ2v) is 4.03. The number of halogens is 2. The Hall–Kier alpha value is -1.29. The lowest BCUT2D eigenvalue weighted by molar-refractivity contribution is 0.0982. The summed E-state index contributed by atoms with van der Waals surface area (Å²) in [6.45, 7) is 0.600. The minimum Gasteiger partial charge on any atom is -0.314 e. The number of nitrogens with one attached hydrogen (secondary N) is 1. The van der Waals surface area contributed by atoms with E-state index in [-0.39, 0.29) is 11.3 Å². The summed E-state index contributed by atoms with van der Waals surface area (Å²) < 4.78 is 25.5. The number of hydrogen-bond acceptors (Lipinski definition) is 2. The number of carbonyl (C=O) groups excluding carboxylic acids is 1. The lowest BCUT2D eigenvalue weighted by Gasteiger charge is -2.03. The van der Waals surface area contributed by atoms with Crippen LogP contribution >= 0.6 is 0 Å². The first-order chi connectivity index (χ1) is 7.66. The van der Waals surface area contributed by atoms with Gasteiger partial charge in [0.15, 0.2) is 17.4 Å². The zero-order valence-corrected chi connectivity index (χ0v) is 8.80. The first kappa shape index (κ1) is 11.2. The normalized spacial score (nSPS) is 15.1. The summed E-state index contributed by atoms with van der Waals surface area (Å²) in [6.07, 6.45) is 2.65. The van der Waals surface area contributed by atoms with Crippen LogP contribution in [-0.2, 0) is 0 Å². The van der Waals surface area contributed by atoms with Crippen molar-refractivity contribution in [3.8, 4) is 0 Å². The van der Waals surface area contributed by atoms with E-state index < -0.39 is 11.6 Å². The molecule has 0 amide bonds. The van der Waals surface area contributed by atoms with Crippen LogP contribution in [0.5, 0.6) is 0 Å². The standard InChI is InChI=1S/C12H13F2NO/c13-10-4-1-8(7-11(10)14)12(16)5-6-15-9-2-3-9/h1,4,7,9,15H,2-3,5-6H2. The van der Waals surface area contributed by atoms with E-state index in [0.29, 0.717) is 19.0 Å². The van der Waals surface area contributed by atoms with Crippen LogP contribution in [0.25, 0.3) is 0 Å². The predicted molar refractivity (Wildman–Crippen MR) is 56.3 cm³/mol. The average molecular weight is 225 g/mol. The zero-order chi connectivity index (χ0) is 11.5. The summed E-state index contributed by atoms with van der Waals surface area (Å²) in [4.78, 5) is 11.6. The molecule has 0 heterocycles. The molecule has 2 nitrogen and oxygen atoms in total. The number of benzene rings is 1. The lowest BCUT2D eigenvalue weighted by Crippen LogP contribution is -2.20. The van der Waals surface area contributed by atoms with Crippen LogP contribution in [0.1, 0.15) is 29.6 Å². The molecule has 0 aromatic heterocycles. The molecular formula is C12H13F2NO. The average Bonchev–Trinajstić information content (AvgIpc) is 3.06. The highest BCUT2D eigenvalue weighted by molar-refractivity contribution is 5.96. The van der Waals surface area contributed by atoms with Crippen LogP contribution in [0, 0.1) is 11.6 Å². The van der Waals surface area contributed by atoms with Gasteiger partial charge in [0.2, 0.25) is 0 Å². The van der Waals surface area contributed by atoms with Crippen molar-refractivity contribution in [1.82, 2.24) is 5.32 Å². The van der Waals surface area contributed by atoms with Gasteiger partial charge in [0.05, 0.1) is 0 Å². The van der Waals surface area contributed by atoms with Gasteiger partial charge in [0, 0.05) is 24.6 Å². The maximum atomic E-state index is 12.9. The molecule has 86 valence electrons. The maximum Gasteiger partial charge on any atom is 0.164 e. The summed E-state index contributed by atoms with van der Waals surface area (Å²) >= 11 is 0. The van der Waals surface area contributed by atoms with Gasteiger partial charge in [-0.05, 0) is 31.0 Å². The quantitative estimate of drug-likeness (QED) is 0.779. The monoisotopic (exact) mass is 225 g/mol. The Balaban J connectivity index is 1.88. The summed E-state index contributed by atoms with van der Waals surface area (Å²) in [7, 11) is 0. The third kappa shape index (κ3) is 2.85. The smallest absolute Gasteiger partial charge is 0.164 e. The second kappa shape index (κ2) is 4.70. The van der Waals surface area contributed by atoms with Crippen molar-refractivity contribution in [2.45, 2.75) is 25.3 Å². The fourth-order valence-corrected chi connectivity index (χ4v) is 1.49. The maximum absolute atomic E-state index is 12.9. The molecule has 1 aromatic carbocycles. The van der Waals surface area contributed by atoms with Crippen LogP contribution in [-0.4, -0.2) is 18.4 Å². The van der Waals surface area contributed by atoms with E-state index >= 15 is 0 Å². The molecule has 1 N–H and O–H groups in total. The van der Waals surface area contributed by atoms with E-state index in [9.17, 15) is 13.6 Å². The van der Waals surface area contributed by atoms with Crippen LogP contribution in [0.3, 0.4) is 0 Å². The SMILES string of the molecule is O=C(CCNC1CC1)c1ccc(F)c(F)c1. The minimum absolute atomic E-state index is 0.160. The van der Waals surface area contributed by atoms with E-state index in [1.165, 1.54) is 18.9 Å². The van der Waals surface area contributed by atoms with Gasteiger partial charge in [-0.2, -0.15) is 0 Å². The molecule has 1 aliphatic carbocycles. The molecule has 2 rings (SSSR count). The molecule has 1 fully saturated rings. The third-order valence-corrected chi connectivity index (χ3v) is 2.60. The molecule has 16 heavy (non-hydrogen) atoms. The van der Waals surface area contributed by atoms with Gasteiger partial charge in [-0.3, -0.25) is 4.79 Å². The zero-order valence-electron chi connectivity index (χ0n) is 8.80. The molecule has 4 heteroatoms. The third-order valence-electron chi connectivity index (χ3n) is 2.60. The highest BCUT2D eigenvalue weighted by Crippen LogP contribution is 2.18. The summed E-state index contributed by atoms with van der Waals surface area (Å²) in [5.74, 6) is -2.05. The number of Topliss-reactive ketones (excluding diaryl/α,β-unsaturated/α-hetero) is 1. The summed E-state index contributed by atoms with van der Waals surface area (Å²) in [5, 5.41) is 3.19. The minimum atomic E-state index is -0.971. The molecule has 0 aliphatic heterocycles. The van der Waals surface area contributed by atoms with E-state index in [1.807, 2.05) is 0 Å². The Morgan fingerprint density at radius 1 is 1.31 bits per heavy atom. The number of ketones is 1. The first-order valence-electron chi connectivity index (χ1n) is 5.38. The Labute approximate surface area is 92.7 Å². The van der Waals surface area contributed by atoms with Gasteiger partial charge in [-0.15, -0.1) is 0 Å². The lowest BCUT2D eigenvalue weighted by atomic mass is 10.1. The number of carbonyl (C=O) groups is 1. The van der Waals surface area contributed by atoms with Gasteiger partial charge in [0.25, 0.3) is 0 Å². The van der Waals surface area contributed by atoms with Gasteiger partial charge in [-0.25, -0.2) is 8.78 Å². The van der Waals surface area contributed by atoms with Crippen LogP contribution in [0.2, 0.25) is 0 Å². The molecule has 0 spiro atoms. The van der Waals surface area contributed by atoms with E-state index in [0.717, 1.165) is 12.1 Å². The second-order valence-electron chi connectivity index (χ2n) is 4.03. The number of rotatable bonds is 5. The van der Waals surface area contributed by atoms with Crippen LogP contribution < -0.4 is 5.32 Å². The van der Waals surface area contributed by atoms with Crippen molar-refractivity contribution >= 4 is 5.78 Å². The molecule has 0 unspecified atom stereocenters. The van der Waals surface area contributed by atoms with Gasteiger partial charge < -0.3 is 5.32 Å². The van der Waals surface area contributed by atoms with Crippen molar-refractivity contribution in [2.75, 3.05) is 6.54 Å². The summed E-state index contributed by atoms with van der Waals surface area (Å²) in [6, 6.07) is 3.81. The fraction of sp³-hybridized carbons (Fsp3) is 0.417. The molecule has 0 saturated heterocycles. The number of hydrogen-bond donors (Lipinski definition) is 1. The first-order valence-corrected chi connectivity index (χ1v) is 5.38. The van der Waals surface area contributed by atoms with Crippen molar-refractivity contribution in [1.29, 1.82) is 0 Å². The van der Waals surface area contributed by atoms with Crippen molar-refractivity contribution in [2.24, 2.45) is 0 Å². The van der Waals surface area contributed by atoms with Crippen molar-refractivity contribution in [3.63, 3.8) is 0 Å². The Kier molecular flexibility index (Phi) is 3.29. The molecule has 1 aliphatic rings. The molecule has 0 atom stereocenters. The van der Waals surface area contributed by atoms with E-state index in [4.69, 9.17) is 0 Å². The van der Waals surface area contributed by atoms with Crippen LogP contribution in [0.15, 0.2) is 18.2 Å². The van der Waals surface area contributed by atoms with Crippen molar-refractivity contribution in [3.05, 3.63) is 35.4 Å². The van der Waals surface area contributed by atoms with Gasteiger partial charge in [-0.1, -0.05) is 0 Å². The molecular weight excluding hydrogens is 212 g/mol. The van der Waals surface area contributed by atoms with Crippen LogP contribution in [0.4, 0.5) is 8.78 Å². The van der Waals surface area contributed by atoms with E-state index in [2.05, 4.69) is 5.32 Å². The molecule has 0 radical (unpaired) electrons. The Bertz CT molecular complexity index is 402. The summed E-state index contributed by atoms with van der Waals surface area (Å²) in [5.41, 5.74) is 0.233. The molecule has 0 bridgehead atoms. The topological polar surface area (TPSA) is 29.1 Å². The van der Waals surface area contributed by atoms with E-state index in [1.54, 1.807) is 0 Å². The highest BCUT2D eigenvalue weighted by Gasteiger charge is 2.20. The van der Waals surface area contributed by atoms with Crippen molar-refractivity contribution < 1.29 is 13.6 Å². The molecule has 1 aromatic rings. The molecule has 1 saturated carbocycles. The van der Waals surface area contributed by atoms with Gasteiger partial charge in [0.1, 0.15) is 0 Å². The largest absolute Gasteiger partial charge is 0.314 e.